The Bertz CT molecular complexity index is 241. The van der Waals surface area contributed by atoms with Crippen LogP contribution >= 0.6 is 0 Å². The molecule has 1 aliphatic heterocycles. The fraction of sp³-hybridized carbons (Fsp3) is 1.00. The van der Waals surface area contributed by atoms with E-state index in [1.54, 1.807) is 7.11 Å². The highest BCUT2D eigenvalue weighted by atomic mass is 16.5. The first-order chi connectivity index (χ1) is 8.36. The zero-order chi connectivity index (χ0) is 13.8. The molecular formula is C15H32N2O. The topological polar surface area (TPSA) is 24.5 Å². The molecule has 0 aromatic rings. The highest BCUT2D eigenvalue weighted by Crippen LogP contribution is 2.24. The number of rotatable bonds is 6. The van der Waals surface area contributed by atoms with Crippen LogP contribution in [0, 0.1) is 5.92 Å². The maximum absolute atomic E-state index is 5.22. The van der Waals surface area contributed by atoms with Crippen molar-refractivity contribution >= 4 is 0 Å². The molecule has 0 radical (unpaired) electrons. The Morgan fingerprint density at radius 1 is 1.33 bits per heavy atom. The Morgan fingerprint density at radius 2 is 2.00 bits per heavy atom. The summed E-state index contributed by atoms with van der Waals surface area (Å²) in [5.41, 5.74) is 0.251. The number of ether oxygens (including phenoxy) is 1. The second-order valence-electron chi connectivity index (χ2n) is 6.80. The van der Waals surface area contributed by atoms with E-state index < -0.39 is 0 Å². The van der Waals surface area contributed by atoms with E-state index in [9.17, 15) is 0 Å². The molecule has 1 rings (SSSR count). The summed E-state index contributed by atoms with van der Waals surface area (Å²) in [5, 5.41) is 3.71. The SMILES string of the molecule is COCCC(C)N1CC(CC(C)C)NCC1(C)C. The molecule has 1 saturated heterocycles. The lowest BCUT2D eigenvalue weighted by Gasteiger charge is -2.49. The molecule has 3 heteroatoms. The molecule has 108 valence electrons. The van der Waals surface area contributed by atoms with Crippen molar-refractivity contribution in [3.05, 3.63) is 0 Å². The van der Waals surface area contributed by atoms with E-state index in [2.05, 4.69) is 44.8 Å². The number of nitrogens with one attached hydrogen (secondary N) is 1. The van der Waals surface area contributed by atoms with Gasteiger partial charge in [0.15, 0.2) is 0 Å². The van der Waals surface area contributed by atoms with E-state index in [4.69, 9.17) is 4.74 Å². The van der Waals surface area contributed by atoms with E-state index >= 15 is 0 Å². The minimum Gasteiger partial charge on any atom is -0.385 e. The van der Waals surface area contributed by atoms with Crippen molar-refractivity contribution in [2.45, 2.75) is 65.1 Å². The summed E-state index contributed by atoms with van der Waals surface area (Å²) in [7, 11) is 1.79. The maximum Gasteiger partial charge on any atom is 0.0477 e. The molecule has 0 bridgehead atoms. The first-order valence-corrected chi connectivity index (χ1v) is 7.36. The van der Waals surface area contributed by atoms with Gasteiger partial charge < -0.3 is 10.1 Å². The second-order valence-corrected chi connectivity index (χ2v) is 6.80. The summed E-state index contributed by atoms with van der Waals surface area (Å²) in [6, 6.07) is 1.24. The highest BCUT2D eigenvalue weighted by Gasteiger charge is 2.36. The maximum atomic E-state index is 5.22. The van der Waals surface area contributed by atoms with Gasteiger partial charge in [-0.1, -0.05) is 13.8 Å². The molecule has 1 heterocycles. The van der Waals surface area contributed by atoms with Crippen LogP contribution in [-0.4, -0.2) is 49.3 Å². The van der Waals surface area contributed by atoms with E-state index in [-0.39, 0.29) is 5.54 Å². The molecule has 0 spiro atoms. The minimum atomic E-state index is 0.251. The molecule has 1 fully saturated rings. The van der Waals surface area contributed by atoms with Crippen LogP contribution in [0.25, 0.3) is 0 Å². The normalized spacial score (nSPS) is 26.5. The fourth-order valence-corrected chi connectivity index (χ4v) is 2.99. The van der Waals surface area contributed by atoms with Crippen molar-refractivity contribution in [2.75, 3.05) is 26.8 Å². The van der Waals surface area contributed by atoms with E-state index in [1.807, 2.05) is 0 Å². The zero-order valence-electron chi connectivity index (χ0n) is 13.1. The Morgan fingerprint density at radius 3 is 2.56 bits per heavy atom. The van der Waals surface area contributed by atoms with Crippen molar-refractivity contribution in [3.8, 4) is 0 Å². The Labute approximate surface area is 113 Å². The number of piperazine rings is 1. The first kappa shape index (κ1) is 15.9. The third kappa shape index (κ3) is 4.52. The van der Waals surface area contributed by atoms with Crippen molar-refractivity contribution in [3.63, 3.8) is 0 Å². The Kier molecular flexibility index (Phi) is 6.09. The van der Waals surface area contributed by atoms with Crippen molar-refractivity contribution in [1.29, 1.82) is 0 Å². The molecule has 3 nitrogen and oxygen atoms in total. The van der Waals surface area contributed by atoms with Crippen molar-refractivity contribution < 1.29 is 4.74 Å². The summed E-state index contributed by atoms with van der Waals surface area (Å²) in [6.45, 7) is 14.7. The zero-order valence-corrected chi connectivity index (χ0v) is 13.1. The van der Waals surface area contributed by atoms with Gasteiger partial charge in [0.05, 0.1) is 0 Å². The third-order valence-corrected chi connectivity index (χ3v) is 4.05. The van der Waals surface area contributed by atoms with Gasteiger partial charge in [-0.25, -0.2) is 0 Å². The molecular weight excluding hydrogens is 224 g/mol. The quantitative estimate of drug-likeness (QED) is 0.790. The van der Waals surface area contributed by atoms with E-state index in [1.165, 1.54) is 6.42 Å². The van der Waals surface area contributed by atoms with E-state index in [0.717, 1.165) is 32.0 Å². The standard InChI is InChI=1S/C15H32N2O/c1-12(2)9-14-10-17(13(3)7-8-18-6)15(4,5)11-16-14/h12-14,16H,7-11H2,1-6H3. The van der Waals surface area contributed by atoms with Crippen LogP contribution in [-0.2, 0) is 4.74 Å². The molecule has 1 aliphatic rings. The average molecular weight is 256 g/mol. The van der Waals surface area contributed by atoms with Gasteiger partial charge >= 0.3 is 0 Å². The number of methoxy groups -OCH3 is 1. The van der Waals surface area contributed by atoms with Gasteiger partial charge in [0, 0.05) is 44.4 Å². The molecule has 0 aromatic carbocycles. The lowest BCUT2D eigenvalue weighted by Crippen LogP contribution is -2.64. The van der Waals surface area contributed by atoms with Gasteiger partial charge in [0.25, 0.3) is 0 Å². The molecule has 2 unspecified atom stereocenters. The number of hydrogen-bond acceptors (Lipinski definition) is 3. The monoisotopic (exact) mass is 256 g/mol. The molecule has 0 saturated carbocycles. The summed E-state index contributed by atoms with van der Waals surface area (Å²) >= 11 is 0. The lowest BCUT2D eigenvalue weighted by atomic mass is 9.91. The van der Waals surface area contributed by atoms with Crippen LogP contribution in [0.5, 0.6) is 0 Å². The summed E-state index contributed by atoms with van der Waals surface area (Å²) < 4.78 is 5.22. The second kappa shape index (κ2) is 6.88. The largest absolute Gasteiger partial charge is 0.385 e. The molecule has 2 atom stereocenters. The first-order valence-electron chi connectivity index (χ1n) is 7.36. The molecule has 0 aliphatic carbocycles. The van der Waals surface area contributed by atoms with Crippen LogP contribution < -0.4 is 5.32 Å². The highest BCUT2D eigenvalue weighted by molar-refractivity contribution is 4.95. The molecule has 0 amide bonds. The van der Waals surface area contributed by atoms with Crippen LogP contribution in [0.1, 0.15) is 47.5 Å². The van der Waals surface area contributed by atoms with Gasteiger partial charge in [-0.05, 0) is 39.5 Å². The Hall–Kier alpha value is -0.120. The summed E-state index contributed by atoms with van der Waals surface area (Å²) in [5.74, 6) is 0.764. The smallest absolute Gasteiger partial charge is 0.0477 e. The molecule has 18 heavy (non-hydrogen) atoms. The van der Waals surface area contributed by atoms with Crippen molar-refractivity contribution in [2.24, 2.45) is 5.92 Å². The van der Waals surface area contributed by atoms with Crippen LogP contribution in [0.15, 0.2) is 0 Å². The van der Waals surface area contributed by atoms with E-state index in [0.29, 0.717) is 12.1 Å². The van der Waals surface area contributed by atoms with Crippen molar-refractivity contribution in [1.82, 2.24) is 10.2 Å². The van der Waals surface area contributed by atoms with Gasteiger partial charge in [0.1, 0.15) is 0 Å². The predicted molar refractivity (Wildman–Crippen MR) is 78.0 cm³/mol. The predicted octanol–water partition coefficient (Wildman–Crippen LogP) is 2.51. The van der Waals surface area contributed by atoms with Crippen LogP contribution in [0.3, 0.4) is 0 Å². The summed E-state index contributed by atoms with van der Waals surface area (Å²) in [4.78, 5) is 2.66. The molecule has 0 aromatic heterocycles. The third-order valence-electron chi connectivity index (χ3n) is 4.05. The number of nitrogens with zero attached hydrogens (tertiary/aromatic N) is 1. The van der Waals surface area contributed by atoms with Gasteiger partial charge in [-0.15, -0.1) is 0 Å². The average Bonchev–Trinajstić information content (AvgIpc) is 2.27. The lowest BCUT2D eigenvalue weighted by molar-refractivity contribution is 0.0156. The van der Waals surface area contributed by atoms with Gasteiger partial charge in [0.2, 0.25) is 0 Å². The Balaban J connectivity index is 2.59. The number of hydrogen-bond donors (Lipinski definition) is 1. The summed E-state index contributed by atoms with van der Waals surface area (Å²) in [6.07, 6.45) is 2.39. The van der Waals surface area contributed by atoms with Gasteiger partial charge in [-0.2, -0.15) is 0 Å². The minimum absolute atomic E-state index is 0.251. The van der Waals surface area contributed by atoms with Gasteiger partial charge in [-0.3, -0.25) is 4.90 Å². The van der Waals surface area contributed by atoms with Crippen LogP contribution in [0.2, 0.25) is 0 Å². The van der Waals surface area contributed by atoms with Crippen LogP contribution in [0.4, 0.5) is 0 Å². The molecule has 1 N–H and O–H groups in total. The fourth-order valence-electron chi connectivity index (χ4n) is 2.99.